The van der Waals surface area contributed by atoms with Crippen LogP contribution in [0.2, 0.25) is 5.02 Å². The Balaban J connectivity index is 1.94. The first-order valence-electron chi connectivity index (χ1n) is 9.99. The van der Waals surface area contributed by atoms with E-state index in [0.717, 1.165) is 11.3 Å². The van der Waals surface area contributed by atoms with Gasteiger partial charge in [-0.25, -0.2) is 9.79 Å². The van der Waals surface area contributed by atoms with E-state index in [1.165, 1.54) is 16.7 Å². The van der Waals surface area contributed by atoms with Gasteiger partial charge in [-0.2, -0.15) is 0 Å². The maximum absolute atomic E-state index is 13.5. The van der Waals surface area contributed by atoms with Gasteiger partial charge in [0.25, 0.3) is 11.2 Å². The Labute approximate surface area is 196 Å². The molecule has 0 unspecified atom stereocenters. The number of allylic oxidation sites excluding steroid dienone is 1. The van der Waals surface area contributed by atoms with Gasteiger partial charge in [0.2, 0.25) is 0 Å². The number of thiazole rings is 1. The molecule has 0 bridgehead atoms. The second kappa shape index (κ2) is 9.13. The SMILES string of the molecule is CCOC(=O)C1=C(C)N=c2s/c(=C\c3cccc([N+](=O)[O-])c3)c(=O)n2[C@@H]1c1ccc(Cl)cc1. The summed E-state index contributed by atoms with van der Waals surface area (Å²) in [5, 5.41) is 11.6. The van der Waals surface area contributed by atoms with Gasteiger partial charge in [-0.05, 0) is 43.2 Å². The molecule has 10 heteroatoms. The highest BCUT2D eigenvalue weighted by Crippen LogP contribution is 2.31. The molecule has 0 saturated carbocycles. The van der Waals surface area contributed by atoms with Crippen LogP contribution >= 0.6 is 22.9 Å². The average molecular weight is 484 g/mol. The third-order valence-corrected chi connectivity index (χ3v) is 6.32. The van der Waals surface area contributed by atoms with Gasteiger partial charge in [0.1, 0.15) is 0 Å². The third-order valence-electron chi connectivity index (χ3n) is 5.08. The van der Waals surface area contributed by atoms with Crippen molar-refractivity contribution in [2.75, 3.05) is 6.61 Å². The first-order chi connectivity index (χ1) is 15.8. The lowest BCUT2D eigenvalue weighted by Crippen LogP contribution is -2.39. The first-order valence-corrected chi connectivity index (χ1v) is 11.2. The smallest absolute Gasteiger partial charge is 0.338 e. The Kier molecular flexibility index (Phi) is 6.26. The quantitative estimate of drug-likeness (QED) is 0.314. The van der Waals surface area contributed by atoms with Gasteiger partial charge in [0, 0.05) is 17.2 Å². The molecule has 0 N–H and O–H groups in total. The summed E-state index contributed by atoms with van der Waals surface area (Å²) in [6, 6.07) is 12.1. The molecule has 1 aliphatic rings. The molecule has 0 aliphatic carbocycles. The standard InChI is InChI=1S/C23H18ClN3O5S/c1-3-32-22(29)19-13(2)25-23-26(20(19)15-7-9-16(24)10-8-15)21(28)18(33-23)12-14-5-4-6-17(11-14)27(30)31/h4-12,20H,3H2,1-2H3/b18-12-/t20-/m1/s1. The van der Waals surface area contributed by atoms with Gasteiger partial charge < -0.3 is 4.74 Å². The zero-order valence-corrected chi connectivity index (χ0v) is 19.2. The van der Waals surface area contributed by atoms with E-state index in [-0.39, 0.29) is 23.4 Å². The summed E-state index contributed by atoms with van der Waals surface area (Å²) in [7, 11) is 0. The molecule has 4 rings (SSSR count). The lowest BCUT2D eigenvalue weighted by atomic mass is 9.96. The number of aromatic nitrogens is 1. The molecule has 1 aromatic heterocycles. The van der Waals surface area contributed by atoms with Gasteiger partial charge >= 0.3 is 5.97 Å². The zero-order valence-electron chi connectivity index (χ0n) is 17.6. The fourth-order valence-electron chi connectivity index (χ4n) is 3.63. The molecule has 1 aliphatic heterocycles. The molecule has 1 atom stereocenters. The third kappa shape index (κ3) is 4.37. The number of halogens is 1. The van der Waals surface area contributed by atoms with Crippen molar-refractivity contribution in [3.63, 3.8) is 0 Å². The van der Waals surface area contributed by atoms with Gasteiger partial charge in [0.05, 0.1) is 33.4 Å². The number of hydrogen-bond acceptors (Lipinski definition) is 7. The van der Waals surface area contributed by atoms with Gasteiger partial charge in [0.15, 0.2) is 4.80 Å². The number of non-ortho nitro benzene ring substituents is 1. The molecule has 2 heterocycles. The number of nitro groups is 1. The monoisotopic (exact) mass is 483 g/mol. The number of carbonyl (C=O) groups is 1. The predicted molar refractivity (Wildman–Crippen MR) is 125 cm³/mol. The topological polar surface area (TPSA) is 104 Å². The van der Waals surface area contributed by atoms with E-state index in [9.17, 15) is 19.7 Å². The Hall–Kier alpha value is -3.56. The number of nitro benzene ring substituents is 1. The van der Waals surface area contributed by atoms with Crippen LogP contribution in [0.5, 0.6) is 0 Å². The number of benzene rings is 2. The van der Waals surface area contributed by atoms with Crippen molar-refractivity contribution in [1.29, 1.82) is 0 Å². The van der Waals surface area contributed by atoms with E-state index in [1.54, 1.807) is 56.3 Å². The van der Waals surface area contributed by atoms with Crippen molar-refractivity contribution in [2.45, 2.75) is 19.9 Å². The van der Waals surface area contributed by atoms with Crippen LogP contribution < -0.4 is 14.9 Å². The van der Waals surface area contributed by atoms with E-state index in [4.69, 9.17) is 16.3 Å². The molecule has 0 saturated heterocycles. The van der Waals surface area contributed by atoms with Crippen molar-refractivity contribution >= 4 is 40.7 Å². The zero-order chi connectivity index (χ0) is 23.7. The number of fused-ring (bicyclic) bond motifs is 1. The second-order valence-electron chi connectivity index (χ2n) is 7.21. The highest BCUT2D eigenvalue weighted by atomic mass is 35.5. The molecule has 0 fully saturated rings. The number of hydrogen-bond donors (Lipinski definition) is 0. The van der Waals surface area contributed by atoms with Crippen molar-refractivity contribution in [3.8, 4) is 0 Å². The number of carbonyl (C=O) groups excluding carboxylic acids is 1. The largest absolute Gasteiger partial charge is 0.463 e. The molecular formula is C23H18ClN3O5S. The molecule has 0 radical (unpaired) electrons. The van der Waals surface area contributed by atoms with Crippen molar-refractivity contribution in [2.24, 2.45) is 4.99 Å². The summed E-state index contributed by atoms with van der Waals surface area (Å²) in [6.07, 6.45) is 1.58. The molecule has 8 nitrogen and oxygen atoms in total. The summed E-state index contributed by atoms with van der Waals surface area (Å²) in [4.78, 5) is 41.8. The molecular weight excluding hydrogens is 466 g/mol. The maximum Gasteiger partial charge on any atom is 0.338 e. The summed E-state index contributed by atoms with van der Waals surface area (Å²) in [5.74, 6) is -0.549. The lowest BCUT2D eigenvalue weighted by Gasteiger charge is -2.24. The number of esters is 1. The summed E-state index contributed by atoms with van der Waals surface area (Å²) in [5.41, 5.74) is 1.49. The molecule has 3 aromatic rings. The number of nitrogens with zero attached hydrogens (tertiary/aromatic N) is 3. The molecule has 0 spiro atoms. The van der Waals surface area contributed by atoms with E-state index in [2.05, 4.69) is 4.99 Å². The fourth-order valence-corrected chi connectivity index (χ4v) is 4.80. The minimum atomic E-state index is -0.746. The van der Waals surface area contributed by atoms with E-state index >= 15 is 0 Å². The van der Waals surface area contributed by atoms with E-state index in [0.29, 0.717) is 31.2 Å². The number of rotatable bonds is 5. The molecule has 2 aromatic carbocycles. The molecule has 33 heavy (non-hydrogen) atoms. The van der Waals surface area contributed by atoms with Gasteiger partial charge in [-0.3, -0.25) is 19.5 Å². The van der Waals surface area contributed by atoms with Crippen LogP contribution in [0, 0.1) is 10.1 Å². The summed E-state index contributed by atoms with van der Waals surface area (Å²) >= 11 is 7.20. The summed E-state index contributed by atoms with van der Waals surface area (Å²) < 4.78 is 7.05. The number of ether oxygens (including phenoxy) is 1. The Morgan fingerprint density at radius 1 is 1.30 bits per heavy atom. The Morgan fingerprint density at radius 3 is 2.70 bits per heavy atom. The molecule has 168 valence electrons. The summed E-state index contributed by atoms with van der Waals surface area (Å²) in [6.45, 7) is 3.59. The van der Waals surface area contributed by atoms with Crippen LogP contribution in [-0.2, 0) is 9.53 Å². The Bertz CT molecular complexity index is 1470. The lowest BCUT2D eigenvalue weighted by molar-refractivity contribution is -0.384. The van der Waals surface area contributed by atoms with Gasteiger partial charge in [-0.15, -0.1) is 0 Å². The maximum atomic E-state index is 13.5. The van der Waals surface area contributed by atoms with Crippen LogP contribution in [0.15, 0.2) is 69.6 Å². The van der Waals surface area contributed by atoms with E-state index < -0.39 is 16.9 Å². The highest BCUT2D eigenvalue weighted by Gasteiger charge is 2.33. The average Bonchev–Trinajstić information content (AvgIpc) is 3.08. The predicted octanol–water partition coefficient (Wildman–Crippen LogP) is 3.36. The Morgan fingerprint density at radius 2 is 2.03 bits per heavy atom. The van der Waals surface area contributed by atoms with Crippen LogP contribution in [-0.4, -0.2) is 22.1 Å². The minimum Gasteiger partial charge on any atom is -0.463 e. The van der Waals surface area contributed by atoms with Crippen LogP contribution in [0.1, 0.15) is 31.0 Å². The highest BCUT2D eigenvalue weighted by molar-refractivity contribution is 7.07. The second-order valence-corrected chi connectivity index (χ2v) is 8.65. The van der Waals surface area contributed by atoms with E-state index in [1.807, 2.05) is 0 Å². The fraction of sp³-hybridized carbons (Fsp3) is 0.174. The normalized spacial score (nSPS) is 15.7. The van der Waals surface area contributed by atoms with Crippen LogP contribution in [0.3, 0.4) is 0 Å². The van der Waals surface area contributed by atoms with Crippen LogP contribution in [0.4, 0.5) is 5.69 Å². The first kappa shape index (κ1) is 22.6. The molecule has 0 amide bonds. The van der Waals surface area contributed by atoms with Crippen molar-refractivity contribution in [1.82, 2.24) is 4.57 Å². The minimum absolute atomic E-state index is 0.0731. The van der Waals surface area contributed by atoms with Gasteiger partial charge in [-0.1, -0.05) is 47.2 Å². The van der Waals surface area contributed by atoms with Crippen molar-refractivity contribution in [3.05, 3.63) is 106 Å². The van der Waals surface area contributed by atoms with Crippen molar-refractivity contribution < 1.29 is 14.5 Å². The van der Waals surface area contributed by atoms with Crippen LogP contribution in [0.25, 0.3) is 6.08 Å².